The normalized spacial score (nSPS) is 15.1. The third kappa shape index (κ3) is 4.94. The fourth-order valence-electron chi connectivity index (χ4n) is 3.40. The molecule has 5 heteroatoms. The number of aryl methyl sites for hydroxylation is 1. The molecular formula is C22H29N3O2. The van der Waals surface area contributed by atoms with Crippen LogP contribution in [0.15, 0.2) is 42.5 Å². The maximum Gasteiger partial charge on any atom is 0.246 e. The predicted octanol–water partition coefficient (Wildman–Crippen LogP) is 4.43. The molecule has 1 saturated heterocycles. The lowest BCUT2D eigenvalue weighted by Gasteiger charge is -2.29. The summed E-state index contributed by atoms with van der Waals surface area (Å²) in [6.45, 7) is 6.10. The van der Waals surface area contributed by atoms with Crippen molar-refractivity contribution in [2.75, 3.05) is 35.7 Å². The van der Waals surface area contributed by atoms with Crippen molar-refractivity contribution in [1.29, 1.82) is 0 Å². The highest BCUT2D eigenvalue weighted by Crippen LogP contribution is 2.26. The maximum absolute atomic E-state index is 12.6. The summed E-state index contributed by atoms with van der Waals surface area (Å²) < 4.78 is 5.33. The van der Waals surface area contributed by atoms with E-state index in [4.69, 9.17) is 4.74 Å². The second-order valence-corrected chi connectivity index (χ2v) is 7.15. The topological polar surface area (TPSA) is 53.6 Å². The van der Waals surface area contributed by atoms with Crippen molar-refractivity contribution in [3.05, 3.63) is 48.0 Å². The zero-order valence-corrected chi connectivity index (χ0v) is 16.4. The smallest absolute Gasteiger partial charge is 0.246 e. The van der Waals surface area contributed by atoms with Crippen LogP contribution in [0.4, 0.5) is 17.1 Å². The van der Waals surface area contributed by atoms with Gasteiger partial charge in [-0.25, -0.2) is 0 Å². The number of amides is 1. The van der Waals surface area contributed by atoms with Crippen LogP contribution in [0.25, 0.3) is 0 Å². The van der Waals surface area contributed by atoms with Gasteiger partial charge in [0.25, 0.3) is 0 Å². The Bertz CT molecular complexity index is 768. The number of methoxy groups -OCH3 is 1. The second kappa shape index (κ2) is 8.80. The summed E-state index contributed by atoms with van der Waals surface area (Å²) in [5, 5.41) is 6.22. The summed E-state index contributed by atoms with van der Waals surface area (Å²) in [4.78, 5) is 15.0. The summed E-state index contributed by atoms with van der Waals surface area (Å²) >= 11 is 0. The van der Waals surface area contributed by atoms with Crippen LogP contribution in [-0.4, -0.2) is 32.1 Å². The van der Waals surface area contributed by atoms with Gasteiger partial charge in [-0.15, -0.1) is 0 Å². The van der Waals surface area contributed by atoms with Crippen LogP contribution >= 0.6 is 0 Å². The number of piperidine rings is 1. The molecule has 144 valence electrons. The van der Waals surface area contributed by atoms with Crippen molar-refractivity contribution in [2.24, 2.45) is 0 Å². The van der Waals surface area contributed by atoms with E-state index in [0.29, 0.717) is 11.4 Å². The molecule has 0 aromatic heterocycles. The van der Waals surface area contributed by atoms with E-state index in [1.165, 1.54) is 24.9 Å². The van der Waals surface area contributed by atoms with E-state index >= 15 is 0 Å². The number of hydrogen-bond donors (Lipinski definition) is 2. The largest absolute Gasteiger partial charge is 0.495 e. The Kier molecular flexibility index (Phi) is 6.22. The van der Waals surface area contributed by atoms with Gasteiger partial charge in [0.05, 0.1) is 12.8 Å². The molecular weight excluding hydrogens is 338 g/mol. The van der Waals surface area contributed by atoms with E-state index in [9.17, 15) is 4.79 Å². The Morgan fingerprint density at radius 3 is 2.44 bits per heavy atom. The number of nitrogens with zero attached hydrogens (tertiary/aromatic N) is 1. The molecule has 1 fully saturated rings. The first-order valence-electron chi connectivity index (χ1n) is 9.64. The number of benzene rings is 2. The molecule has 2 aromatic carbocycles. The molecule has 0 radical (unpaired) electrons. The molecule has 0 spiro atoms. The van der Waals surface area contributed by atoms with Gasteiger partial charge in [-0.05, 0) is 75.1 Å². The highest BCUT2D eigenvalue weighted by molar-refractivity contribution is 5.97. The average Bonchev–Trinajstić information content (AvgIpc) is 2.69. The minimum atomic E-state index is -0.365. The SMILES string of the molecule is COc1ccc(C)cc1NC(=O)C(C)Nc1ccc(N2CCCCC2)cc1. The number of carbonyl (C=O) groups is 1. The molecule has 1 aliphatic heterocycles. The highest BCUT2D eigenvalue weighted by atomic mass is 16.5. The number of ether oxygens (including phenoxy) is 1. The van der Waals surface area contributed by atoms with E-state index < -0.39 is 0 Å². The number of hydrogen-bond acceptors (Lipinski definition) is 4. The molecule has 5 nitrogen and oxygen atoms in total. The quantitative estimate of drug-likeness (QED) is 0.793. The van der Waals surface area contributed by atoms with Crippen LogP contribution in [0.3, 0.4) is 0 Å². The monoisotopic (exact) mass is 367 g/mol. The summed E-state index contributed by atoms with van der Waals surface area (Å²) in [5.74, 6) is 0.561. The molecule has 1 atom stereocenters. The Morgan fingerprint density at radius 1 is 1.07 bits per heavy atom. The van der Waals surface area contributed by atoms with Crippen LogP contribution < -0.4 is 20.3 Å². The summed E-state index contributed by atoms with van der Waals surface area (Å²) in [7, 11) is 1.60. The molecule has 1 amide bonds. The molecule has 2 aromatic rings. The minimum Gasteiger partial charge on any atom is -0.495 e. The Balaban J connectivity index is 1.60. The summed E-state index contributed by atoms with van der Waals surface area (Å²) in [5.41, 5.74) is 3.95. The first-order valence-corrected chi connectivity index (χ1v) is 9.64. The molecule has 1 heterocycles. The van der Waals surface area contributed by atoms with E-state index in [2.05, 4.69) is 27.7 Å². The summed E-state index contributed by atoms with van der Waals surface area (Å²) in [6, 6.07) is 13.7. The molecule has 2 N–H and O–H groups in total. The molecule has 27 heavy (non-hydrogen) atoms. The fourth-order valence-corrected chi connectivity index (χ4v) is 3.40. The van der Waals surface area contributed by atoms with E-state index in [1.807, 2.05) is 44.2 Å². The van der Waals surface area contributed by atoms with Crippen LogP contribution in [0.2, 0.25) is 0 Å². The maximum atomic E-state index is 12.6. The number of rotatable bonds is 6. The van der Waals surface area contributed by atoms with Gasteiger partial charge in [0.2, 0.25) is 5.91 Å². The van der Waals surface area contributed by atoms with Gasteiger partial charge in [-0.3, -0.25) is 4.79 Å². The average molecular weight is 367 g/mol. The molecule has 1 aliphatic rings. The lowest BCUT2D eigenvalue weighted by atomic mass is 10.1. The second-order valence-electron chi connectivity index (χ2n) is 7.15. The lowest BCUT2D eigenvalue weighted by Crippen LogP contribution is -2.32. The third-order valence-corrected chi connectivity index (χ3v) is 4.98. The molecule has 3 rings (SSSR count). The van der Waals surface area contributed by atoms with Gasteiger partial charge in [0.15, 0.2) is 0 Å². The van der Waals surface area contributed by atoms with Crippen molar-refractivity contribution < 1.29 is 9.53 Å². The molecule has 1 unspecified atom stereocenters. The number of carbonyl (C=O) groups excluding carboxylic acids is 1. The predicted molar refractivity (Wildman–Crippen MR) is 112 cm³/mol. The van der Waals surface area contributed by atoms with Crippen molar-refractivity contribution in [1.82, 2.24) is 0 Å². The van der Waals surface area contributed by atoms with E-state index in [1.54, 1.807) is 7.11 Å². The van der Waals surface area contributed by atoms with Crippen LogP contribution in [0.1, 0.15) is 31.7 Å². The van der Waals surface area contributed by atoms with Gasteiger partial charge in [0, 0.05) is 24.5 Å². The fraction of sp³-hybridized carbons (Fsp3) is 0.409. The summed E-state index contributed by atoms with van der Waals surface area (Å²) in [6.07, 6.45) is 3.85. The number of anilines is 3. The highest BCUT2D eigenvalue weighted by Gasteiger charge is 2.16. The first kappa shape index (κ1) is 19.1. The third-order valence-electron chi connectivity index (χ3n) is 4.98. The Labute approximate surface area is 161 Å². The van der Waals surface area contributed by atoms with Crippen LogP contribution in [0, 0.1) is 6.92 Å². The van der Waals surface area contributed by atoms with Gasteiger partial charge < -0.3 is 20.3 Å². The van der Waals surface area contributed by atoms with Crippen LogP contribution in [0.5, 0.6) is 5.75 Å². The van der Waals surface area contributed by atoms with Crippen molar-refractivity contribution in [3.8, 4) is 5.75 Å². The lowest BCUT2D eigenvalue weighted by molar-refractivity contribution is -0.116. The van der Waals surface area contributed by atoms with Crippen LogP contribution in [-0.2, 0) is 4.79 Å². The molecule has 0 aliphatic carbocycles. The van der Waals surface area contributed by atoms with Gasteiger partial charge in [0.1, 0.15) is 11.8 Å². The standard InChI is InChI=1S/C22H29N3O2/c1-16-7-12-21(27-3)20(15-16)24-22(26)17(2)23-18-8-10-19(11-9-18)25-13-5-4-6-14-25/h7-12,15,17,23H,4-6,13-14H2,1-3H3,(H,24,26). The number of nitrogens with one attached hydrogen (secondary N) is 2. The van der Waals surface area contributed by atoms with Gasteiger partial charge >= 0.3 is 0 Å². The van der Waals surface area contributed by atoms with Crippen molar-refractivity contribution in [2.45, 2.75) is 39.2 Å². The Morgan fingerprint density at radius 2 is 1.78 bits per heavy atom. The molecule has 0 bridgehead atoms. The zero-order chi connectivity index (χ0) is 19.2. The van der Waals surface area contributed by atoms with Crippen molar-refractivity contribution >= 4 is 23.0 Å². The van der Waals surface area contributed by atoms with Gasteiger partial charge in [-0.1, -0.05) is 6.07 Å². The Hall–Kier alpha value is -2.69. The first-order chi connectivity index (χ1) is 13.1. The van der Waals surface area contributed by atoms with E-state index in [0.717, 1.165) is 24.3 Å². The zero-order valence-electron chi connectivity index (χ0n) is 16.4. The van der Waals surface area contributed by atoms with Gasteiger partial charge in [-0.2, -0.15) is 0 Å². The molecule has 0 saturated carbocycles. The minimum absolute atomic E-state index is 0.0981. The van der Waals surface area contributed by atoms with Crippen molar-refractivity contribution in [3.63, 3.8) is 0 Å². The van der Waals surface area contributed by atoms with E-state index in [-0.39, 0.29) is 11.9 Å².